The molecule has 1 rings (SSSR count). The quantitative estimate of drug-likeness (QED) is 0.809. The van der Waals surface area contributed by atoms with Gasteiger partial charge >= 0.3 is 0 Å². The van der Waals surface area contributed by atoms with Gasteiger partial charge in [-0.2, -0.15) is 5.10 Å². The highest BCUT2D eigenvalue weighted by Gasteiger charge is 2.09. The van der Waals surface area contributed by atoms with Crippen LogP contribution in [0.2, 0.25) is 0 Å². The first-order valence-electron chi connectivity index (χ1n) is 3.64. The van der Waals surface area contributed by atoms with Crippen LogP contribution in [-0.4, -0.2) is 16.7 Å². The Morgan fingerprint density at radius 1 is 1.82 bits per heavy atom. The molecule has 1 aromatic heterocycles. The zero-order chi connectivity index (χ0) is 8.27. The third kappa shape index (κ3) is 2.04. The highest BCUT2D eigenvalue weighted by atomic mass is 79.9. The molecule has 0 aliphatic carbocycles. The van der Waals surface area contributed by atoms with Crippen LogP contribution in [-0.2, 0) is 0 Å². The van der Waals surface area contributed by atoms with E-state index in [1.165, 1.54) is 5.56 Å². The minimum atomic E-state index is 0.480. The molecule has 0 radical (unpaired) electrons. The van der Waals surface area contributed by atoms with Crippen LogP contribution in [0.5, 0.6) is 0 Å². The number of rotatable bonds is 3. The van der Waals surface area contributed by atoms with E-state index in [1.807, 2.05) is 6.20 Å². The molecular formula is C7H12BrN3. The van der Waals surface area contributed by atoms with Gasteiger partial charge in [-0.25, -0.2) is 0 Å². The van der Waals surface area contributed by atoms with Crippen LogP contribution in [0.1, 0.15) is 24.8 Å². The third-order valence-corrected chi connectivity index (χ3v) is 2.39. The fraction of sp³-hybridized carbons (Fsp3) is 0.571. The number of nitrogens with one attached hydrogen (secondary N) is 1. The normalized spacial score (nSPS) is 13.4. The van der Waals surface area contributed by atoms with Crippen LogP contribution in [0, 0.1) is 0 Å². The Labute approximate surface area is 74.5 Å². The third-order valence-electron chi connectivity index (χ3n) is 1.75. The van der Waals surface area contributed by atoms with Crippen LogP contribution >= 0.6 is 15.9 Å². The highest BCUT2D eigenvalue weighted by Crippen LogP contribution is 2.23. The average molecular weight is 218 g/mol. The van der Waals surface area contributed by atoms with Gasteiger partial charge in [0.05, 0.1) is 6.20 Å². The van der Waals surface area contributed by atoms with E-state index in [2.05, 4.69) is 33.1 Å². The molecule has 0 saturated carbocycles. The predicted octanol–water partition coefficient (Wildman–Crippen LogP) is 1.62. The predicted molar refractivity (Wildman–Crippen MR) is 48.4 cm³/mol. The summed E-state index contributed by atoms with van der Waals surface area (Å²) in [4.78, 5) is 0. The molecule has 0 aliphatic heterocycles. The van der Waals surface area contributed by atoms with Gasteiger partial charge in [0.15, 0.2) is 0 Å². The van der Waals surface area contributed by atoms with E-state index in [0.717, 1.165) is 17.6 Å². The molecule has 1 aromatic rings. The van der Waals surface area contributed by atoms with E-state index >= 15 is 0 Å². The topological polar surface area (TPSA) is 54.7 Å². The number of aromatic amines is 1. The molecule has 0 fully saturated rings. The van der Waals surface area contributed by atoms with E-state index < -0.39 is 0 Å². The Hall–Kier alpha value is -0.350. The van der Waals surface area contributed by atoms with Crippen molar-refractivity contribution in [3.63, 3.8) is 0 Å². The van der Waals surface area contributed by atoms with Gasteiger partial charge in [0, 0.05) is 5.56 Å². The maximum Gasteiger partial charge on any atom is 0.104 e. The van der Waals surface area contributed by atoms with Crippen molar-refractivity contribution in [2.45, 2.75) is 19.3 Å². The first kappa shape index (κ1) is 8.74. The molecule has 0 saturated heterocycles. The van der Waals surface area contributed by atoms with Gasteiger partial charge in [0.2, 0.25) is 0 Å². The number of nitrogens with zero attached hydrogens (tertiary/aromatic N) is 1. The van der Waals surface area contributed by atoms with E-state index in [0.29, 0.717) is 5.92 Å². The van der Waals surface area contributed by atoms with Gasteiger partial charge in [-0.3, -0.25) is 5.10 Å². The Kier molecular flexibility index (Phi) is 3.08. The summed E-state index contributed by atoms with van der Waals surface area (Å²) in [7, 11) is 0. The molecule has 11 heavy (non-hydrogen) atoms. The summed E-state index contributed by atoms with van der Waals surface area (Å²) in [6.07, 6.45) is 2.84. The zero-order valence-corrected chi connectivity index (χ0v) is 8.06. The minimum Gasteiger partial charge on any atom is -0.330 e. The highest BCUT2D eigenvalue weighted by molar-refractivity contribution is 9.10. The Morgan fingerprint density at radius 3 is 3.00 bits per heavy atom. The standard InChI is InChI=1S/C7H12BrN3/c1-5(2-3-9)6-4-10-11-7(6)8/h4-5H,2-3,9H2,1H3,(H,10,11). The molecule has 1 heterocycles. The Balaban J connectivity index is 2.67. The summed E-state index contributed by atoms with van der Waals surface area (Å²) in [6.45, 7) is 2.86. The average Bonchev–Trinajstić information content (AvgIpc) is 2.36. The van der Waals surface area contributed by atoms with Gasteiger partial charge in [0.25, 0.3) is 0 Å². The first-order valence-corrected chi connectivity index (χ1v) is 4.43. The zero-order valence-electron chi connectivity index (χ0n) is 6.47. The summed E-state index contributed by atoms with van der Waals surface area (Å²) in [5.41, 5.74) is 6.64. The minimum absolute atomic E-state index is 0.480. The van der Waals surface area contributed by atoms with Gasteiger partial charge < -0.3 is 5.73 Å². The number of aromatic nitrogens is 2. The largest absolute Gasteiger partial charge is 0.330 e. The molecule has 0 aromatic carbocycles. The molecule has 62 valence electrons. The summed E-state index contributed by atoms with van der Waals surface area (Å²) in [5.74, 6) is 0.480. The van der Waals surface area contributed by atoms with Crippen molar-refractivity contribution < 1.29 is 0 Å². The molecule has 3 nitrogen and oxygen atoms in total. The second-order valence-electron chi connectivity index (χ2n) is 2.62. The van der Waals surface area contributed by atoms with Crippen LogP contribution in [0.15, 0.2) is 10.8 Å². The maximum atomic E-state index is 5.44. The monoisotopic (exact) mass is 217 g/mol. The van der Waals surface area contributed by atoms with Gasteiger partial charge in [-0.1, -0.05) is 6.92 Å². The van der Waals surface area contributed by atoms with E-state index in [9.17, 15) is 0 Å². The van der Waals surface area contributed by atoms with Crippen molar-refractivity contribution in [2.24, 2.45) is 5.73 Å². The maximum absolute atomic E-state index is 5.44. The van der Waals surface area contributed by atoms with Gasteiger partial charge in [-0.05, 0) is 34.8 Å². The summed E-state index contributed by atoms with van der Waals surface area (Å²) in [6, 6.07) is 0. The fourth-order valence-corrected chi connectivity index (χ4v) is 1.62. The van der Waals surface area contributed by atoms with Crippen molar-refractivity contribution >= 4 is 15.9 Å². The number of hydrogen-bond donors (Lipinski definition) is 2. The SMILES string of the molecule is CC(CCN)c1cn[nH]c1Br. The molecule has 4 heteroatoms. The van der Waals surface area contributed by atoms with Crippen molar-refractivity contribution in [1.29, 1.82) is 0 Å². The van der Waals surface area contributed by atoms with Crippen molar-refractivity contribution in [3.8, 4) is 0 Å². The molecule has 0 bridgehead atoms. The first-order chi connectivity index (χ1) is 5.25. The molecule has 0 aliphatic rings. The van der Waals surface area contributed by atoms with Gasteiger partial charge in [-0.15, -0.1) is 0 Å². The molecule has 3 N–H and O–H groups in total. The van der Waals surface area contributed by atoms with Crippen LogP contribution < -0.4 is 5.73 Å². The van der Waals surface area contributed by atoms with Gasteiger partial charge in [0.1, 0.15) is 4.60 Å². The fourth-order valence-electron chi connectivity index (χ4n) is 1.03. The van der Waals surface area contributed by atoms with Crippen molar-refractivity contribution in [3.05, 3.63) is 16.4 Å². The second kappa shape index (κ2) is 3.88. The molecular weight excluding hydrogens is 206 g/mol. The molecule has 0 amide bonds. The number of halogens is 1. The van der Waals surface area contributed by atoms with Crippen molar-refractivity contribution in [2.75, 3.05) is 6.54 Å². The van der Waals surface area contributed by atoms with Crippen LogP contribution in [0.25, 0.3) is 0 Å². The summed E-state index contributed by atoms with van der Waals surface area (Å²) >= 11 is 3.38. The van der Waals surface area contributed by atoms with Crippen molar-refractivity contribution in [1.82, 2.24) is 10.2 Å². The smallest absolute Gasteiger partial charge is 0.104 e. The van der Waals surface area contributed by atoms with E-state index in [4.69, 9.17) is 5.73 Å². The van der Waals surface area contributed by atoms with Crippen LogP contribution in [0.4, 0.5) is 0 Å². The molecule has 1 atom stereocenters. The Morgan fingerprint density at radius 2 is 2.55 bits per heavy atom. The number of H-pyrrole nitrogens is 1. The lowest BCUT2D eigenvalue weighted by atomic mass is 10.0. The lowest BCUT2D eigenvalue weighted by molar-refractivity contribution is 0.688. The second-order valence-corrected chi connectivity index (χ2v) is 3.41. The summed E-state index contributed by atoms with van der Waals surface area (Å²) < 4.78 is 0.971. The molecule has 0 spiro atoms. The van der Waals surface area contributed by atoms with E-state index in [1.54, 1.807) is 0 Å². The van der Waals surface area contributed by atoms with E-state index in [-0.39, 0.29) is 0 Å². The lowest BCUT2D eigenvalue weighted by Gasteiger charge is -2.06. The number of hydrogen-bond acceptors (Lipinski definition) is 2. The number of nitrogens with two attached hydrogens (primary N) is 1. The lowest BCUT2D eigenvalue weighted by Crippen LogP contribution is -2.04. The molecule has 1 unspecified atom stereocenters. The van der Waals surface area contributed by atoms with Crippen LogP contribution in [0.3, 0.4) is 0 Å². The summed E-state index contributed by atoms with van der Waals surface area (Å²) in [5, 5.41) is 6.75. The Bertz CT molecular complexity index is 221.